The van der Waals surface area contributed by atoms with E-state index >= 15 is 0 Å². The third-order valence-corrected chi connectivity index (χ3v) is 3.96. The minimum absolute atomic E-state index is 0.0365. The van der Waals surface area contributed by atoms with E-state index in [9.17, 15) is 4.79 Å². The van der Waals surface area contributed by atoms with E-state index in [1.165, 1.54) is 18.4 Å². The molecule has 0 radical (unpaired) electrons. The lowest BCUT2D eigenvalue weighted by Gasteiger charge is -2.05. The summed E-state index contributed by atoms with van der Waals surface area (Å²) < 4.78 is 0. The van der Waals surface area contributed by atoms with Crippen LogP contribution in [0.4, 0.5) is 0 Å². The van der Waals surface area contributed by atoms with E-state index in [2.05, 4.69) is 6.92 Å². The van der Waals surface area contributed by atoms with Crippen molar-refractivity contribution in [3.8, 4) is 0 Å². The normalized spacial score (nSPS) is 10.6. The molecule has 0 heterocycles. The van der Waals surface area contributed by atoms with Crippen molar-refractivity contribution in [2.45, 2.75) is 26.2 Å². The number of unbranched alkanes of at least 4 members (excludes halogenated alkanes) is 1. The van der Waals surface area contributed by atoms with E-state index in [1.807, 2.05) is 24.3 Å². The second kappa shape index (κ2) is 6.92. The Kier molecular flexibility index (Phi) is 5.22. The van der Waals surface area contributed by atoms with Crippen LogP contribution in [-0.2, 0) is 6.42 Å². The fraction of sp³-hybridized carbons (Fsp3) is 0.235. The Hall–Kier alpha value is -1.31. The Morgan fingerprint density at radius 2 is 1.60 bits per heavy atom. The molecular formula is C17H16Cl2O. The molecule has 0 aliphatic rings. The zero-order valence-corrected chi connectivity index (χ0v) is 12.8. The van der Waals surface area contributed by atoms with Crippen LogP contribution < -0.4 is 0 Å². The zero-order valence-electron chi connectivity index (χ0n) is 11.3. The summed E-state index contributed by atoms with van der Waals surface area (Å²) >= 11 is 11.8. The first-order valence-corrected chi connectivity index (χ1v) is 7.46. The molecule has 2 rings (SSSR count). The Morgan fingerprint density at radius 3 is 2.20 bits per heavy atom. The Morgan fingerprint density at radius 1 is 0.950 bits per heavy atom. The van der Waals surface area contributed by atoms with Crippen LogP contribution in [0.15, 0.2) is 42.5 Å². The van der Waals surface area contributed by atoms with Crippen molar-refractivity contribution < 1.29 is 4.79 Å². The van der Waals surface area contributed by atoms with Gasteiger partial charge in [-0.15, -0.1) is 0 Å². The molecule has 1 nitrogen and oxygen atoms in total. The molecule has 20 heavy (non-hydrogen) atoms. The maximum absolute atomic E-state index is 12.3. The summed E-state index contributed by atoms with van der Waals surface area (Å²) in [6.45, 7) is 2.17. The van der Waals surface area contributed by atoms with Crippen LogP contribution in [-0.4, -0.2) is 5.78 Å². The monoisotopic (exact) mass is 306 g/mol. The maximum atomic E-state index is 12.3. The number of rotatable bonds is 5. The first-order valence-electron chi connectivity index (χ1n) is 6.70. The van der Waals surface area contributed by atoms with Gasteiger partial charge in [0.05, 0.1) is 10.0 Å². The van der Waals surface area contributed by atoms with Crippen LogP contribution in [0.3, 0.4) is 0 Å². The Labute approximate surface area is 129 Å². The lowest BCUT2D eigenvalue weighted by molar-refractivity contribution is 0.103. The van der Waals surface area contributed by atoms with E-state index in [0.717, 1.165) is 6.42 Å². The molecule has 0 aromatic heterocycles. The van der Waals surface area contributed by atoms with Crippen molar-refractivity contribution in [3.63, 3.8) is 0 Å². The first kappa shape index (κ1) is 15.1. The van der Waals surface area contributed by atoms with Crippen LogP contribution in [0.1, 0.15) is 41.3 Å². The molecule has 0 saturated heterocycles. The summed E-state index contributed by atoms with van der Waals surface area (Å²) in [5, 5.41) is 0.857. The van der Waals surface area contributed by atoms with Gasteiger partial charge in [0.15, 0.2) is 5.78 Å². The Bertz CT molecular complexity index is 603. The highest BCUT2D eigenvalue weighted by Crippen LogP contribution is 2.24. The molecule has 0 atom stereocenters. The van der Waals surface area contributed by atoms with Crippen LogP contribution in [0, 0.1) is 0 Å². The number of aryl methyl sites for hydroxylation is 1. The minimum Gasteiger partial charge on any atom is -0.289 e. The van der Waals surface area contributed by atoms with Crippen molar-refractivity contribution in [3.05, 3.63) is 69.2 Å². The molecule has 0 bridgehead atoms. The molecule has 104 valence electrons. The number of hydrogen-bond donors (Lipinski definition) is 0. The van der Waals surface area contributed by atoms with Crippen LogP contribution in [0.5, 0.6) is 0 Å². The zero-order chi connectivity index (χ0) is 14.5. The number of carbonyl (C=O) groups excluding carboxylic acids is 1. The number of carbonyl (C=O) groups is 1. The van der Waals surface area contributed by atoms with Gasteiger partial charge in [0, 0.05) is 11.1 Å². The average molecular weight is 307 g/mol. The third kappa shape index (κ3) is 3.62. The van der Waals surface area contributed by atoms with Gasteiger partial charge in [-0.25, -0.2) is 0 Å². The van der Waals surface area contributed by atoms with Gasteiger partial charge in [-0.2, -0.15) is 0 Å². The fourth-order valence-corrected chi connectivity index (χ4v) is 2.31. The van der Waals surface area contributed by atoms with E-state index in [1.54, 1.807) is 18.2 Å². The second-order valence-electron chi connectivity index (χ2n) is 4.76. The minimum atomic E-state index is -0.0365. The predicted octanol–water partition coefficient (Wildman–Crippen LogP) is 5.57. The van der Waals surface area contributed by atoms with Crippen LogP contribution in [0.25, 0.3) is 0 Å². The van der Waals surface area contributed by atoms with Gasteiger partial charge in [-0.1, -0.05) is 60.8 Å². The Balaban J connectivity index is 2.18. The molecule has 0 unspecified atom stereocenters. The highest BCUT2D eigenvalue weighted by molar-refractivity contribution is 6.42. The first-order chi connectivity index (χ1) is 9.61. The van der Waals surface area contributed by atoms with E-state index < -0.39 is 0 Å². The molecular weight excluding hydrogens is 291 g/mol. The number of halogens is 2. The SMILES string of the molecule is CCCCc1ccc(C(=O)c2ccc(Cl)c(Cl)c2)cc1. The number of hydrogen-bond acceptors (Lipinski definition) is 1. The summed E-state index contributed by atoms with van der Waals surface area (Å²) in [5.74, 6) is -0.0365. The number of benzene rings is 2. The second-order valence-corrected chi connectivity index (χ2v) is 5.57. The largest absolute Gasteiger partial charge is 0.289 e. The lowest BCUT2D eigenvalue weighted by Crippen LogP contribution is -2.01. The fourth-order valence-electron chi connectivity index (χ4n) is 2.01. The summed E-state index contributed by atoms with van der Waals surface area (Å²) in [6.07, 6.45) is 3.39. The molecule has 0 aliphatic carbocycles. The van der Waals surface area contributed by atoms with Gasteiger partial charge in [0.2, 0.25) is 0 Å². The molecule has 0 saturated carbocycles. The molecule has 0 N–H and O–H groups in total. The smallest absolute Gasteiger partial charge is 0.193 e. The highest BCUT2D eigenvalue weighted by atomic mass is 35.5. The molecule has 0 amide bonds. The summed E-state index contributed by atoms with van der Waals surface area (Å²) in [6, 6.07) is 12.7. The topological polar surface area (TPSA) is 17.1 Å². The molecule has 3 heteroatoms. The van der Waals surface area contributed by atoms with Crippen molar-refractivity contribution >= 4 is 29.0 Å². The molecule has 2 aromatic rings. The quantitative estimate of drug-likeness (QED) is 0.660. The predicted molar refractivity (Wildman–Crippen MR) is 84.9 cm³/mol. The van der Waals surface area contributed by atoms with Gasteiger partial charge in [0.25, 0.3) is 0 Å². The van der Waals surface area contributed by atoms with E-state index in [0.29, 0.717) is 21.2 Å². The maximum Gasteiger partial charge on any atom is 0.193 e. The summed E-state index contributed by atoms with van der Waals surface area (Å²) in [4.78, 5) is 12.3. The van der Waals surface area contributed by atoms with Gasteiger partial charge in [-0.05, 0) is 36.6 Å². The highest BCUT2D eigenvalue weighted by Gasteiger charge is 2.10. The van der Waals surface area contributed by atoms with Gasteiger partial charge >= 0.3 is 0 Å². The average Bonchev–Trinajstić information content (AvgIpc) is 2.48. The van der Waals surface area contributed by atoms with Crippen molar-refractivity contribution in [2.75, 3.05) is 0 Å². The van der Waals surface area contributed by atoms with Crippen molar-refractivity contribution in [2.24, 2.45) is 0 Å². The van der Waals surface area contributed by atoms with Crippen molar-refractivity contribution in [1.82, 2.24) is 0 Å². The van der Waals surface area contributed by atoms with E-state index in [-0.39, 0.29) is 5.78 Å². The standard InChI is InChI=1S/C17H16Cl2O/c1-2-3-4-12-5-7-13(8-6-12)17(20)14-9-10-15(18)16(19)11-14/h5-11H,2-4H2,1H3. The third-order valence-electron chi connectivity index (χ3n) is 3.22. The van der Waals surface area contributed by atoms with E-state index in [4.69, 9.17) is 23.2 Å². The number of ketones is 1. The van der Waals surface area contributed by atoms with Crippen LogP contribution >= 0.6 is 23.2 Å². The van der Waals surface area contributed by atoms with Gasteiger partial charge in [-0.3, -0.25) is 4.79 Å². The molecule has 0 aliphatic heterocycles. The molecule has 2 aromatic carbocycles. The lowest BCUT2D eigenvalue weighted by atomic mass is 10.0. The summed E-state index contributed by atoms with van der Waals surface area (Å²) in [5.41, 5.74) is 2.49. The van der Waals surface area contributed by atoms with Crippen LogP contribution in [0.2, 0.25) is 10.0 Å². The van der Waals surface area contributed by atoms with Crippen molar-refractivity contribution in [1.29, 1.82) is 0 Å². The molecule has 0 fully saturated rings. The van der Waals surface area contributed by atoms with Gasteiger partial charge < -0.3 is 0 Å². The van der Waals surface area contributed by atoms with Gasteiger partial charge in [0.1, 0.15) is 0 Å². The molecule has 0 spiro atoms. The summed E-state index contributed by atoms with van der Waals surface area (Å²) in [7, 11) is 0.